The maximum atomic E-state index is 13.0. The Morgan fingerprint density at radius 2 is 2.04 bits per heavy atom. The van der Waals surface area contributed by atoms with E-state index in [1.807, 2.05) is 26.0 Å². The first kappa shape index (κ1) is 16.3. The highest BCUT2D eigenvalue weighted by Crippen LogP contribution is 2.34. The summed E-state index contributed by atoms with van der Waals surface area (Å²) in [5.41, 5.74) is 4.22. The van der Waals surface area contributed by atoms with Crippen LogP contribution in [0.25, 0.3) is 0 Å². The summed E-state index contributed by atoms with van der Waals surface area (Å²) in [7, 11) is 1.54. The topological polar surface area (TPSA) is 52.6 Å². The van der Waals surface area contributed by atoms with Crippen molar-refractivity contribution in [2.45, 2.75) is 26.0 Å². The Morgan fingerprint density at radius 3 is 2.67 bits per heavy atom. The van der Waals surface area contributed by atoms with Crippen molar-refractivity contribution in [2.24, 2.45) is 0 Å². The molecule has 0 radical (unpaired) electrons. The second-order valence-electron chi connectivity index (χ2n) is 5.81. The molecule has 0 spiro atoms. The lowest BCUT2D eigenvalue weighted by atomic mass is 9.94. The minimum Gasteiger partial charge on any atom is -0.483 e. The van der Waals surface area contributed by atoms with Gasteiger partial charge in [-0.15, -0.1) is 5.48 Å². The van der Waals surface area contributed by atoms with Gasteiger partial charge in [0.05, 0.1) is 12.6 Å². The van der Waals surface area contributed by atoms with Crippen LogP contribution in [-0.4, -0.2) is 12.1 Å². The number of methoxy groups -OCH3 is 1. The molecule has 1 aromatic heterocycles. The Bertz CT molecular complexity index is 761. The maximum Gasteiger partial charge on any atom is 0.256 e. The molecule has 0 saturated carbocycles. The van der Waals surface area contributed by atoms with E-state index in [1.165, 1.54) is 19.2 Å². The number of rotatable bonds is 5. The maximum absolute atomic E-state index is 13.0. The molecule has 2 aromatic rings. The lowest BCUT2D eigenvalue weighted by Crippen LogP contribution is -2.32. The number of hydrogen-bond acceptors (Lipinski definition) is 5. The fraction of sp³-hybridized carbons (Fsp3) is 0.278. The van der Waals surface area contributed by atoms with Crippen LogP contribution in [0.4, 0.5) is 4.39 Å². The van der Waals surface area contributed by atoms with E-state index in [1.54, 1.807) is 18.3 Å². The van der Waals surface area contributed by atoms with Crippen molar-refractivity contribution in [3.05, 3.63) is 65.3 Å². The Kier molecular flexibility index (Phi) is 4.40. The number of halogens is 1. The van der Waals surface area contributed by atoms with Crippen LogP contribution in [-0.2, 0) is 17.0 Å². The van der Waals surface area contributed by atoms with E-state index < -0.39 is 5.54 Å². The number of hydrogen-bond donors (Lipinski definition) is 1. The lowest BCUT2D eigenvalue weighted by Gasteiger charge is -2.22. The summed E-state index contributed by atoms with van der Waals surface area (Å²) in [5.74, 6) is 1.42. The summed E-state index contributed by atoms with van der Waals surface area (Å²) in [6, 6.07) is 8.02. The quantitative estimate of drug-likeness (QED) is 0.910. The first-order valence-electron chi connectivity index (χ1n) is 7.55. The monoisotopic (exact) mass is 330 g/mol. The van der Waals surface area contributed by atoms with Crippen molar-refractivity contribution < 1.29 is 18.7 Å². The van der Waals surface area contributed by atoms with Crippen LogP contribution in [0.3, 0.4) is 0 Å². The van der Waals surface area contributed by atoms with Gasteiger partial charge in [-0.2, -0.15) is 0 Å². The highest BCUT2D eigenvalue weighted by molar-refractivity contribution is 5.41. The molecule has 5 nitrogen and oxygen atoms in total. The summed E-state index contributed by atoms with van der Waals surface area (Å²) >= 11 is 0. The number of hydroxylamine groups is 1. The minimum atomic E-state index is -0.489. The molecule has 24 heavy (non-hydrogen) atoms. The highest BCUT2D eigenvalue weighted by Gasteiger charge is 2.31. The van der Waals surface area contributed by atoms with Crippen LogP contribution in [0.1, 0.15) is 25.0 Å². The van der Waals surface area contributed by atoms with Gasteiger partial charge in [0.15, 0.2) is 5.75 Å². The zero-order chi connectivity index (χ0) is 17.2. The molecule has 0 bridgehead atoms. The number of benzene rings is 1. The van der Waals surface area contributed by atoms with E-state index in [-0.39, 0.29) is 12.4 Å². The summed E-state index contributed by atoms with van der Waals surface area (Å²) < 4.78 is 24.1. The molecule has 0 aliphatic carbocycles. The van der Waals surface area contributed by atoms with E-state index in [2.05, 4.69) is 10.5 Å². The zero-order valence-corrected chi connectivity index (χ0v) is 13.8. The van der Waals surface area contributed by atoms with Gasteiger partial charge in [-0.1, -0.05) is 12.1 Å². The molecule has 1 atom stereocenters. The SMILES string of the molecule is COc1ncc(C2(C)C=C(C)ON2)cc1OCc1ccc(F)cc1. The number of ether oxygens (including phenoxy) is 2. The van der Waals surface area contributed by atoms with Crippen molar-refractivity contribution in [1.29, 1.82) is 0 Å². The van der Waals surface area contributed by atoms with Crippen LogP contribution in [0.2, 0.25) is 0 Å². The van der Waals surface area contributed by atoms with Gasteiger partial charge in [0.1, 0.15) is 18.2 Å². The predicted octanol–water partition coefficient (Wildman–Crippen LogP) is 3.46. The second-order valence-corrected chi connectivity index (χ2v) is 5.81. The Hall–Kier alpha value is -2.60. The number of nitrogens with one attached hydrogen (secondary N) is 1. The van der Waals surface area contributed by atoms with Gasteiger partial charge in [-0.05, 0) is 43.7 Å². The van der Waals surface area contributed by atoms with Crippen molar-refractivity contribution in [1.82, 2.24) is 10.5 Å². The first-order chi connectivity index (χ1) is 11.5. The van der Waals surface area contributed by atoms with Gasteiger partial charge >= 0.3 is 0 Å². The number of nitrogens with zero attached hydrogens (tertiary/aromatic N) is 1. The normalized spacial score (nSPS) is 19.6. The van der Waals surface area contributed by atoms with Gasteiger partial charge in [0.25, 0.3) is 5.88 Å². The molecule has 1 aliphatic rings. The fourth-order valence-electron chi connectivity index (χ4n) is 2.51. The van der Waals surface area contributed by atoms with Crippen molar-refractivity contribution >= 4 is 0 Å². The summed E-state index contributed by atoms with van der Waals surface area (Å²) in [5, 5.41) is 0. The van der Waals surface area contributed by atoms with Crippen molar-refractivity contribution in [2.75, 3.05) is 7.11 Å². The molecule has 3 rings (SSSR count). The van der Waals surface area contributed by atoms with Gasteiger partial charge in [-0.25, -0.2) is 9.37 Å². The van der Waals surface area contributed by atoms with E-state index in [0.717, 1.165) is 16.9 Å². The summed E-state index contributed by atoms with van der Waals surface area (Å²) in [6.45, 7) is 4.15. The lowest BCUT2D eigenvalue weighted by molar-refractivity contribution is 0.0850. The Labute approximate surface area is 140 Å². The third kappa shape index (κ3) is 3.33. The molecule has 0 amide bonds. The van der Waals surface area contributed by atoms with Crippen molar-refractivity contribution in [3.8, 4) is 11.6 Å². The minimum absolute atomic E-state index is 0.276. The van der Waals surface area contributed by atoms with Crippen LogP contribution in [0.5, 0.6) is 11.6 Å². The van der Waals surface area contributed by atoms with Crippen LogP contribution in [0, 0.1) is 5.82 Å². The molecule has 6 heteroatoms. The van der Waals surface area contributed by atoms with E-state index >= 15 is 0 Å². The average molecular weight is 330 g/mol. The molecule has 1 aliphatic heterocycles. The number of pyridine rings is 1. The van der Waals surface area contributed by atoms with Gasteiger partial charge in [0.2, 0.25) is 0 Å². The Morgan fingerprint density at radius 1 is 1.29 bits per heavy atom. The molecule has 1 N–H and O–H groups in total. The van der Waals surface area contributed by atoms with E-state index in [4.69, 9.17) is 14.3 Å². The Balaban J connectivity index is 1.83. The molecular weight excluding hydrogens is 311 g/mol. The standard InChI is InChI=1S/C18H19FN2O3/c1-12-9-18(2,21-24-12)14-8-16(17(22-3)20-10-14)23-11-13-4-6-15(19)7-5-13/h4-10,21H,11H2,1-3H3. The average Bonchev–Trinajstić information content (AvgIpc) is 2.94. The van der Waals surface area contributed by atoms with Crippen molar-refractivity contribution in [3.63, 3.8) is 0 Å². The fourth-order valence-corrected chi connectivity index (χ4v) is 2.51. The molecule has 1 unspecified atom stereocenters. The second kappa shape index (κ2) is 6.49. The van der Waals surface area contributed by atoms with Gasteiger partial charge < -0.3 is 14.3 Å². The first-order valence-corrected chi connectivity index (χ1v) is 7.55. The van der Waals surface area contributed by atoms with Gasteiger partial charge in [0, 0.05) is 11.8 Å². The predicted molar refractivity (Wildman–Crippen MR) is 86.9 cm³/mol. The third-order valence-electron chi connectivity index (χ3n) is 3.83. The van der Waals surface area contributed by atoms with Crippen LogP contribution < -0.4 is 15.0 Å². The molecule has 2 heterocycles. The highest BCUT2D eigenvalue weighted by atomic mass is 19.1. The third-order valence-corrected chi connectivity index (χ3v) is 3.83. The molecule has 0 saturated heterocycles. The summed E-state index contributed by atoms with van der Waals surface area (Å²) in [6.07, 6.45) is 3.69. The number of allylic oxidation sites excluding steroid dienone is 1. The largest absolute Gasteiger partial charge is 0.483 e. The van der Waals surface area contributed by atoms with Gasteiger partial charge in [-0.3, -0.25) is 0 Å². The molecular formula is C18H19FN2O3. The zero-order valence-electron chi connectivity index (χ0n) is 13.8. The molecule has 0 fully saturated rings. The van der Waals surface area contributed by atoms with Crippen LogP contribution >= 0.6 is 0 Å². The van der Waals surface area contributed by atoms with E-state index in [0.29, 0.717) is 11.6 Å². The summed E-state index contributed by atoms with van der Waals surface area (Å²) in [4.78, 5) is 9.64. The number of aromatic nitrogens is 1. The smallest absolute Gasteiger partial charge is 0.256 e. The molecule has 1 aromatic carbocycles. The van der Waals surface area contributed by atoms with Crippen LogP contribution in [0.15, 0.2) is 48.4 Å². The molecule has 126 valence electrons. The van der Waals surface area contributed by atoms with E-state index in [9.17, 15) is 4.39 Å².